The molecule has 0 aromatic carbocycles. The molecular weight excluding hydrogens is 240 g/mol. The molecule has 1 aromatic rings. The first kappa shape index (κ1) is 12.7. The molecule has 2 saturated carbocycles. The Hall–Kier alpha value is -1.36. The normalized spacial score (nSPS) is 19.8. The quantitative estimate of drug-likeness (QED) is 0.770. The van der Waals surface area contributed by atoms with E-state index in [4.69, 9.17) is 10.5 Å². The molecule has 3 N–H and O–H groups in total. The molecule has 1 aromatic heterocycles. The summed E-state index contributed by atoms with van der Waals surface area (Å²) < 4.78 is 5.81. The van der Waals surface area contributed by atoms with E-state index < -0.39 is 0 Å². The number of nitrogen functional groups attached to an aromatic ring is 1. The van der Waals surface area contributed by atoms with Crippen LogP contribution in [-0.2, 0) is 4.74 Å². The van der Waals surface area contributed by atoms with Gasteiger partial charge in [-0.2, -0.15) is 0 Å². The number of hydrogen-bond donors (Lipinski definition) is 2. The van der Waals surface area contributed by atoms with Crippen LogP contribution in [0.25, 0.3) is 0 Å². The van der Waals surface area contributed by atoms with Crippen LogP contribution in [0, 0.1) is 0 Å². The fourth-order valence-electron chi connectivity index (χ4n) is 2.56. The lowest BCUT2D eigenvalue weighted by Crippen LogP contribution is -2.16. The van der Waals surface area contributed by atoms with Gasteiger partial charge in [-0.25, -0.2) is 9.97 Å². The third kappa shape index (κ3) is 3.56. The molecule has 5 heteroatoms. The minimum Gasteiger partial charge on any atom is -0.384 e. The molecule has 2 fully saturated rings. The average molecular weight is 262 g/mol. The molecule has 3 rings (SSSR count). The van der Waals surface area contributed by atoms with E-state index in [-0.39, 0.29) is 0 Å². The summed E-state index contributed by atoms with van der Waals surface area (Å²) in [6, 6.07) is 1.79. The molecule has 19 heavy (non-hydrogen) atoms. The van der Waals surface area contributed by atoms with E-state index in [9.17, 15) is 0 Å². The van der Waals surface area contributed by atoms with E-state index in [0.717, 1.165) is 24.8 Å². The van der Waals surface area contributed by atoms with E-state index in [1.807, 2.05) is 0 Å². The average Bonchev–Trinajstić information content (AvgIpc) is 3.12. The first-order valence-electron chi connectivity index (χ1n) is 7.31. The maximum atomic E-state index is 5.81. The van der Waals surface area contributed by atoms with E-state index in [2.05, 4.69) is 15.3 Å². The fraction of sp³-hybridized carbons (Fsp3) is 0.714. The highest BCUT2D eigenvalue weighted by Crippen LogP contribution is 2.38. The summed E-state index contributed by atoms with van der Waals surface area (Å²) in [5, 5.41) is 3.28. The first-order chi connectivity index (χ1) is 9.31. The van der Waals surface area contributed by atoms with Crippen molar-refractivity contribution in [1.29, 1.82) is 0 Å². The van der Waals surface area contributed by atoms with Crippen LogP contribution in [-0.4, -0.2) is 29.2 Å². The highest BCUT2D eigenvalue weighted by molar-refractivity contribution is 5.45. The van der Waals surface area contributed by atoms with Crippen molar-refractivity contribution in [1.82, 2.24) is 9.97 Å². The van der Waals surface area contributed by atoms with Gasteiger partial charge in [0.25, 0.3) is 0 Å². The maximum Gasteiger partial charge on any atom is 0.136 e. The Morgan fingerprint density at radius 2 is 2.00 bits per heavy atom. The van der Waals surface area contributed by atoms with Gasteiger partial charge in [0.15, 0.2) is 0 Å². The largest absolute Gasteiger partial charge is 0.384 e. The van der Waals surface area contributed by atoms with Crippen LogP contribution < -0.4 is 11.1 Å². The van der Waals surface area contributed by atoms with Crippen molar-refractivity contribution >= 4 is 11.6 Å². The Morgan fingerprint density at radius 1 is 1.21 bits per heavy atom. The zero-order valence-electron chi connectivity index (χ0n) is 11.3. The number of anilines is 2. The second-order valence-corrected chi connectivity index (χ2v) is 5.51. The Labute approximate surface area is 114 Å². The van der Waals surface area contributed by atoms with Crippen molar-refractivity contribution in [2.45, 2.75) is 50.5 Å². The third-order valence-electron chi connectivity index (χ3n) is 3.77. The van der Waals surface area contributed by atoms with Gasteiger partial charge in [0.2, 0.25) is 0 Å². The summed E-state index contributed by atoms with van der Waals surface area (Å²) in [5.74, 6) is 2.79. The molecule has 0 amide bonds. The van der Waals surface area contributed by atoms with E-state index in [0.29, 0.717) is 17.8 Å². The van der Waals surface area contributed by atoms with Gasteiger partial charge in [-0.3, -0.25) is 0 Å². The van der Waals surface area contributed by atoms with Gasteiger partial charge in [0.05, 0.1) is 12.7 Å². The third-order valence-corrected chi connectivity index (χ3v) is 3.77. The summed E-state index contributed by atoms with van der Waals surface area (Å²) in [7, 11) is 0. The number of nitrogens with one attached hydrogen (secondary N) is 1. The zero-order valence-corrected chi connectivity index (χ0v) is 11.3. The lowest BCUT2D eigenvalue weighted by Gasteiger charge is -2.12. The van der Waals surface area contributed by atoms with Crippen LogP contribution in [0.5, 0.6) is 0 Å². The molecule has 0 aliphatic heterocycles. The molecule has 0 saturated heterocycles. The Morgan fingerprint density at radius 3 is 2.74 bits per heavy atom. The summed E-state index contributed by atoms with van der Waals surface area (Å²) in [5.41, 5.74) is 5.81. The SMILES string of the molecule is Nc1cc(NCCOC2CCCC2)nc(C2CC2)n1. The molecule has 0 atom stereocenters. The number of nitrogens with two attached hydrogens (primary N) is 1. The Bertz CT molecular complexity index is 427. The van der Waals surface area contributed by atoms with Crippen molar-refractivity contribution in [3.05, 3.63) is 11.9 Å². The second kappa shape index (κ2) is 5.74. The number of hydrogen-bond acceptors (Lipinski definition) is 5. The Kier molecular flexibility index (Phi) is 3.82. The monoisotopic (exact) mass is 262 g/mol. The topological polar surface area (TPSA) is 73.1 Å². The van der Waals surface area contributed by atoms with Crippen molar-refractivity contribution in [2.75, 3.05) is 24.2 Å². The van der Waals surface area contributed by atoms with Gasteiger partial charge < -0.3 is 15.8 Å². The predicted octanol–water partition coefficient (Wildman–Crippen LogP) is 2.31. The number of nitrogens with zero attached hydrogens (tertiary/aromatic N) is 2. The standard InChI is InChI=1S/C14H22N4O/c15-12-9-13(18-14(17-12)10-5-6-10)16-7-8-19-11-3-1-2-4-11/h9-11H,1-8H2,(H3,15,16,17,18). The highest BCUT2D eigenvalue weighted by Gasteiger charge is 2.27. The van der Waals surface area contributed by atoms with Crippen molar-refractivity contribution in [3.8, 4) is 0 Å². The highest BCUT2D eigenvalue weighted by atomic mass is 16.5. The zero-order chi connectivity index (χ0) is 13.1. The molecule has 0 bridgehead atoms. The second-order valence-electron chi connectivity index (χ2n) is 5.51. The van der Waals surface area contributed by atoms with Crippen LogP contribution in [0.3, 0.4) is 0 Å². The molecule has 0 radical (unpaired) electrons. The van der Waals surface area contributed by atoms with E-state index in [1.54, 1.807) is 6.07 Å². The van der Waals surface area contributed by atoms with Crippen LogP contribution in [0.1, 0.15) is 50.3 Å². The smallest absolute Gasteiger partial charge is 0.136 e. The lowest BCUT2D eigenvalue weighted by molar-refractivity contribution is 0.0658. The van der Waals surface area contributed by atoms with Gasteiger partial charge in [-0.1, -0.05) is 12.8 Å². The molecule has 5 nitrogen and oxygen atoms in total. The van der Waals surface area contributed by atoms with Gasteiger partial charge in [0, 0.05) is 18.5 Å². The maximum absolute atomic E-state index is 5.81. The molecule has 0 unspecified atom stereocenters. The lowest BCUT2D eigenvalue weighted by atomic mass is 10.3. The molecule has 1 heterocycles. The van der Waals surface area contributed by atoms with Crippen LogP contribution in [0.15, 0.2) is 6.07 Å². The van der Waals surface area contributed by atoms with E-state index in [1.165, 1.54) is 38.5 Å². The van der Waals surface area contributed by atoms with Gasteiger partial charge in [0.1, 0.15) is 17.5 Å². The van der Waals surface area contributed by atoms with Gasteiger partial charge in [-0.15, -0.1) is 0 Å². The molecule has 0 spiro atoms. The van der Waals surface area contributed by atoms with Crippen LogP contribution in [0.4, 0.5) is 11.6 Å². The Balaban J connectivity index is 1.46. The summed E-state index contributed by atoms with van der Waals surface area (Å²) in [4.78, 5) is 8.79. The number of ether oxygens (including phenoxy) is 1. The predicted molar refractivity (Wildman–Crippen MR) is 75.1 cm³/mol. The summed E-state index contributed by atoms with van der Waals surface area (Å²) >= 11 is 0. The van der Waals surface area contributed by atoms with Crippen molar-refractivity contribution in [3.63, 3.8) is 0 Å². The molecular formula is C14H22N4O. The van der Waals surface area contributed by atoms with Crippen molar-refractivity contribution < 1.29 is 4.74 Å². The summed E-state index contributed by atoms with van der Waals surface area (Å²) in [6.07, 6.45) is 7.90. The number of rotatable bonds is 6. The van der Waals surface area contributed by atoms with Crippen molar-refractivity contribution in [2.24, 2.45) is 0 Å². The van der Waals surface area contributed by atoms with Crippen LogP contribution >= 0.6 is 0 Å². The number of aromatic nitrogens is 2. The van der Waals surface area contributed by atoms with E-state index >= 15 is 0 Å². The fourth-order valence-corrected chi connectivity index (χ4v) is 2.56. The van der Waals surface area contributed by atoms with Gasteiger partial charge in [-0.05, 0) is 25.7 Å². The molecule has 104 valence electrons. The minimum absolute atomic E-state index is 0.472. The molecule has 2 aliphatic rings. The van der Waals surface area contributed by atoms with Gasteiger partial charge >= 0.3 is 0 Å². The molecule has 2 aliphatic carbocycles. The summed E-state index contributed by atoms with van der Waals surface area (Å²) in [6.45, 7) is 1.50. The first-order valence-corrected chi connectivity index (χ1v) is 7.31. The minimum atomic E-state index is 0.472. The van der Waals surface area contributed by atoms with Crippen LogP contribution in [0.2, 0.25) is 0 Å².